The van der Waals surface area contributed by atoms with Crippen LogP contribution < -0.4 is 5.32 Å². The summed E-state index contributed by atoms with van der Waals surface area (Å²) in [6, 6.07) is 9.33. The molecule has 0 aromatic heterocycles. The van der Waals surface area contributed by atoms with Crippen molar-refractivity contribution in [1.29, 1.82) is 0 Å². The van der Waals surface area contributed by atoms with Crippen molar-refractivity contribution < 1.29 is 0 Å². The lowest BCUT2D eigenvalue weighted by molar-refractivity contribution is 0.234. The van der Waals surface area contributed by atoms with Crippen LogP contribution in [0.15, 0.2) is 24.3 Å². The molecule has 1 N–H and O–H groups in total. The Bertz CT molecular complexity index is 394. The van der Waals surface area contributed by atoms with Gasteiger partial charge in [-0.2, -0.15) is 0 Å². The van der Waals surface area contributed by atoms with Crippen molar-refractivity contribution in [3.8, 4) is 0 Å². The molecule has 21 heavy (non-hydrogen) atoms. The molecule has 2 heteroatoms. The fraction of sp³-hybridized carbons (Fsp3) is 0.684. The molecule has 0 saturated carbocycles. The minimum atomic E-state index is 0.502. The van der Waals surface area contributed by atoms with Gasteiger partial charge in [-0.25, -0.2) is 0 Å². The van der Waals surface area contributed by atoms with Crippen molar-refractivity contribution in [2.75, 3.05) is 26.2 Å². The molecule has 0 spiro atoms. The molecule has 1 aromatic carbocycles. The largest absolute Gasteiger partial charge is 0.310 e. The lowest BCUT2D eigenvalue weighted by atomic mass is 9.98. The second kappa shape index (κ2) is 9.22. The van der Waals surface area contributed by atoms with Crippen LogP contribution in [-0.2, 0) is 0 Å². The molecule has 0 amide bonds. The van der Waals surface area contributed by atoms with Gasteiger partial charge in [0.05, 0.1) is 0 Å². The Balaban J connectivity index is 1.91. The number of rotatable bonds is 6. The second-order valence-corrected chi connectivity index (χ2v) is 6.36. The molecule has 0 radical (unpaired) electrons. The Morgan fingerprint density at radius 1 is 1.05 bits per heavy atom. The van der Waals surface area contributed by atoms with E-state index in [0.717, 1.165) is 6.54 Å². The molecule has 1 atom stereocenters. The molecular weight excluding hydrogens is 256 g/mol. The molecule has 1 aliphatic rings. The maximum Gasteiger partial charge on any atom is 0.0334 e. The Morgan fingerprint density at radius 2 is 1.71 bits per heavy atom. The van der Waals surface area contributed by atoms with Gasteiger partial charge in [0.25, 0.3) is 0 Å². The summed E-state index contributed by atoms with van der Waals surface area (Å²) in [6.07, 6.45) is 8.28. The minimum Gasteiger partial charge on any atom is -0.310 e. The van der Waals surface area contributed by atoms with Crippen LogP contribution in [0.4, 0.5) is 0 Å². The molecule has 1 saturated heterocycles. The van der Waals surface area contributed by atoms with Crippen molar-refractivity contribution >= 4 is 0 Å². The molecule has 2 rings (SSSR count). The van der Waals surface area contributed by atoms with Crippen molar-refractivity contribution in [3.63, 3.8) is 0 Å². The van der Waals surface area contributed by atoms with Crippen molar-refractivity contribution in [1.82, 2.24) is 10.2 Å². The van der Waals surface area contributed by atoms with E-state index in [1.54, 1.807) is 0 Å². The highest BCUT2D eigenvalue weighted by Gasteiger charge is 2.15. The number of nitrogens with zero attached hydrogens (tertiary/aromatic N) is 1. The van der Waals surface area contributed by atoms with E-state index in [2.05, 4.69) is 48.3 Å². The molecule has 1 fully saturated rings. The van der Waals surface area contributed by atoms with Gasteiger partial charge in [-0.15, -0.1) is 0 Å². The summed E-state index contributed by atoms with van der Waals surface area (Å²) in [4.78, 5) is 2.68. The molecule has 0 aliphatic carbocycles. The summed E-state index contributed by atoms with van der Waals surface area (Å²) in [5.41, 5.74) is 2.89. The number of hydrogen-bond acceptors (Lipinski definition) is 2. The van der Waals surface area contributed by atoms with E-state index in [4.69, 9.17) is 0 Å². The Labute approximate surface area is 130 Å². The molecular formula is C19H32N2. The van der Waals surface area contributed by atoms with Crippen LogP contribution in [-0.4, -0.2) is 31.1 Å². The predicted octanol–water partition coefficient (Wildman–Crippen LogP) is 4.30. The zero-order chi connectivity index (χ0) is 14.9. The quantitative estimate of drug-likeness (QED) is 0.839. The standard InChI is InChI=1S/C19H32N2/c1-3-20-19(18-12-8-7-11-17(18)2)13-16-21-14-9-5-4-6-10-15-21/h7-8,11-12,19-20H,3-6,9-10,13-16H2,1-2H3. The zero-order valence-electron chi connectivity index (χ0n) is 13.9. The van der Waals surface area contributed by atoms with Crippen LogP contribution in [0.3, 0.4) is 0 Å². The van der Waals surface area contributed by atoms with Crippen LogP contribution in [0.2, 0.25) is 0 Å². The first kappa shape index (κ1) is 16.5. The zero-order valence-corrected chi connectivity index (χ0v) is 13.9. The van der Waals surface area contributed by atoms with Gasteiger partial charge in [-0.05, 0) is 63.5 Å². The fourth-order valence-electron chi connectivity index (χ4n) is 3.44. The summed E-state index contributed by atoms with van der Waals surface area (Å²) >= 11 is 0. The van der Waals surface area contributed by atoms with Gasteiger partial charge in [0.2, 0.25) is 0 Å². The van der Waals surface area contributed by atoms with E-state index in [9.17, 15) is 0 Å². The lowest BCUT2D eigenvalue weighted by Gasteiger charge is -2.27. The van der Waals surface area contributed by atoms with Gasteiger partial charge < -0.3 is 10.2 Å². The van der Waals surface area contributed by atoms with E-state index in [1.807, 2.05) is 0 Å². The van der Waals surface area contributed by atoms with Crippen LogP contribution in [0.5, 0.6) is 0 Å². The first-order valence-electron chi connectivity index (χ1n) is 8.82. The third kappa shape index (κ3) is 5.44. The number of likely N-dealkylation sites (tertiary alicyclic amines) is 1. The molecule has 2 nitrogen and oxygen atoms in total. The maximum absolute atomic E-state index is 3.68. The van der Waals surface area contributed by atoms with E-state index in [1.165, 1.54) is 69.3 Å². The van der Waals surface area contributed by atoms with Crippen LogP contribution in [0, 0.1) is 6.92 Å². The van der Waals surface area contributed by atoms with Gasteiger partial charge >= 0.3 is 0 Å². The smallest absolute Gasteiger partial charge is 0.0334 e. The fourth-order valence-corrected chi connectivity index (χ4v) is 3.44. The Morgan fingerprint density at radius 3 is 2.38 bits per heavy atom. The topological polar surface area (TPSA) is 15.3 Å². The molecule has 1 aliphatic heterocycles. The van der Waals surface area contributed by atoms with E-state index < -0.39 is 0 Å². The number of nitrogens with one attached hydrogen (secondary N) is 1. The van der Waals surface area contributed by atoms with E-state index >= 15 is 0 Å². The van der Waals surface area contributed by atoms with Crippen molar-refractivity contribution in [2.24, 2.45) is 0 Å². The van der Waals surface area contributed by atoms with Gasteiger partial charge in [0.15, 0.2) is 0 Å². The Hall–Kier alpha value is -0.860. The monoisotopic (exact) mass is 288 g/mol. The normalized spacial score (nSPS) is 19.0. The Kier molecular flexibility index (Phi) is 7.25. The SMILES string of the molecule is CCNC(CCN1CCCCCCC1)c1ccccc1C. The molecule has 1 heterocycles. The van der Waals surface area contributed by atoms with Gasteiger partial charge in [-0.3, -0.25) is 0 Å². The number of aryl methyl sites for hydroxylation is 1. The van der Waals surface area contributed by atoms with Gasteiger partial charge in [0, 0.05) is 6.04 Å². The highest BCUT2D eigenvalue weighted by molar-refractivity contribution is 5.28. The average Bonchev–Trinajstić information content (AvgIpc) is 2.45. The number of benzene rings is 1. The summed E-state index contributed by atoms with van der Waals surface area (Å²) in [5, 5.41) is 3.68. The summed E-state index contributed by atoms with van der Waals surface area (Å²) in [6.45, 7) is 9.31. The highest BCUT2D eigenvalue weighted by atomic mass is 15.1. The van der Waals surface area contributed by atoms with E-state index in [0.29, 0.717) is 6.04 Å². The van der Waals surface area contributed by atoms with Crippen LogP contribution in [0.25, 0.3) is 0 Å². The van der Waals surface area contributed by atoms with Crippen LogP contribution >= 0.6 is 0 Å². The van der Waals surface area contributed by atoms with Gasteiger partial charge in [-0.1, -0.05) is 50.5 Å². The van der Waals surface area contributed by atoms with Crippen molar-refractivity contribution in [3.05, 3.63) is 35.4 Å². The molecule has 118 valence electrons. The number of hydrogen-bond donors (Lipinski definition) is 1. The van der Waals surface area contributed by atoms with Crippen molar-refractivity contribution in [2.45, 2.75) is 58.4 Å². The average molecular weight is 288 g/mol. The summed E-state index contributed by atoms with van der Waals surface area (Å²) in [5.74, 6) is 0. The predicted molar refractivity (Wildman–Crippen MR) is 91.7 cm³/mol. The second-order valence-electron chi connectivity index (χ2n) is 6.36. The third-order valence-electron chi connectivity index (χ3n) is 4.70. The highest BCUT2D eigenvalue weighted by Crippen LogP contribution is 2.21. The maximum atomic E-state index is 3.68. The third-order valence-corrected chi connectivity index (χ3v) is 4.70. The lowest BCUT2D eigenvalue weighted by Crippen LogP contribution is -2.32. The summed E-state index contributed by atoms with van der Waals surface area (Å²) < 4.78 is 0. The minimum absolute atomic E-state index is 0.502. The van der Waals surface area contributed by atoms with Gasteiger partial charge in [0.1, 0.15) is 0 Å². The molecule has 1 unspecified atom stereocenters. The molecule has 1 aromatic rings. The summed E-state index contributed by atoms with van der Waals surface area (Å²) in [7, 11) is 0. The first-order chi connectivity index (χ1) is 10.3. The van der Waals surface area contributed by atoms with E-state index in [-0.39, 0.29) is 0 Å². The molecule has 0 bridgehead atoms. The van der Waals surface area contributed by atoms with Crippen LogP contribution in [0.1, 0.15) is 62.6 Å². The first-order valence-corrected chi connectivity index (χ1v) is 8.82.